The topological polar surface area (TPSA) is 85.5 Å². The lowest BCUT2D eigenvalue weighted by Gasteiger charge is -2.07. The first kappa shape index (κ1) is 20.0. The maximum absolute atomic E-state index is 11.0. The van der Waals surface area contributed by atoms with Gasteiger partial charge in [0.25, 0.3) is 0 Å². The summed E-state index contributed by atoms with van der Waals surface area (Å²) >= 11 is 1.69. The first-order valence-corrected chi connectivity index (χ1v) is 10.6. The molecule has 0 aliphatic heterocycles. The van der Waals surface area contributed by atoms with Gasteiger partial charge in [-0.1, -0.05) is 6.07 Å². The van der Waals surface area contributed by atoms with Crippen LogP contribution in [-0.2, 0) is 6.42 Å². The number of fused-ring (bicyclic) bond motifs is 1. The predicted molar refractivity (Wildman–Crippen MR) is 116 cm³/mol. The molecule has 0 radical (unpaired) electrons. The van der Waals surface area contributed by atoms with E-state index in [-0.39, 0.29) is 5.69 Å². The lowest BCUT2D eigenvalue weighted by atomic mass is 10.2. The zero-order chi connectivity index (χ0) is 21.1. The van der Waals surface area contributed by atoms with Crippen LogP contribution in [0.4, 0.5) is 0 Å². The number of thioether (sulfide) groups is 1. The molecule has 1 N–H and O–H groups in total. The summed E-state index contributed by atoms with van der Waals surface area (Å²) in [5.41, 5.74) is 2.46. The molecular weight excluding hydrogens is 400 g/mol. The van der Waals surface area contributed by atoms with Gasteiger partial charge in [-0.2, -0.15) is 0 Å². The molecule has 4 aromatic rings. The van der Waals surface area contributed by atoms with E-state index >= 15 is 0 Å². The fourth-order valence-electron chi connectivity index (χ4n) is 3.10. The van der Waals surface area contributed by atoms with E-state index in [4.69, 9.17) is 14.3 Å². The third kappa shape index (κ3) is 4.31. The highest BCUT2D eigenvalue weighted by molar-refractivity contribution is 7.98. The average molecular weight is 420 g/mol. The summed E-state index contributed by atoms with van der Waals surface area (Å²) in [6.45, 7) is 2.36. The van der Waals surface area contributed by atoms with Gasteiger partial charge in [0.05, 0.1) is 17.8 Å². The first-order chi connectivity index (χ1) is 14.5. The summed E-state index contributed by atoms with van der Waals surface area (Å²) in [6.07, 6.45) is 2.66. The van der Waals surface area contributed by atoms with Crippen LogP contribution in [-0.4, -0.2) is 33.9 Å². The van der Waals surface area contributed by atoms with Gasteiger partial charge in [-0.25, -0.2) is 14.8 Å². The van der Waals surface area contributed by atoms with Gasteiger partial charge in [0.2, 0.25) is 5.89 Å². The van der Waals surface area contributed by atoms with Crippen molar-refractivity contribution in [1.29, 1.82) is 0 Å². The van der Waals surface area contributed by atoms with Crippen molar-refractivity contribution < 1.29 is 19.1 Å². The van der Waals surface area contributed by atoms with Crippen molar-refractivity contribution in [1.82, 2.24) is 9.97 Å². The molecule has 0 amide bonds. The van der Waals surface area contributed by atoms with Crippen LogP contribution in [0, 0.1) is 6.92 Å². The van der Waals surface area contributed by atoms with E-state index in [1.54, 1.807) is 30.0 Å². The van der Waals surface area contributed by atoms with Crippen molar-refractivity contribution in [3.05, 3.63) is 71.7 Å². The molecular formula is C23H20N2O4S. The molecule has 0 atom stereocenters. The quantitative estimate of drug-likeness (QED) is 0.409. The molecule has 4 rings (SSSR count). The second kappa shape index (κ2) is 8.59. The third-order valence-electron chi connectivity index (χ3n) is 4.72. The predicted octanol–water partition coefficient (Wildman–Crippen LogP) is 5.24. The van der Waals surface area contributed by atoms with E-state index in [9.17, 15) is 4.79 Å². The van der Waals surface area contributed by atoms with E-state index in [2.05, 4.69) is 22.1 Å². The zero-order valence-corrected chi connectivity index (χ0v) is 17.4. The van der Waals surface area contributed by atoms with Crippen LogP contribution in [0.3, 0.4) is 0 Å². The van der Waals surface area contributed by atoms with Crippen LogP contribution < -0.4 is 4.74 Å². The van der Waals surface area contributed by atoms with Gasteiger partial charge < -0.3 is 14.3 Å². The zero-order valence-electron chi connectivity index (χ0n) is 16.6. The van der Waals surface area contributed by atoms with Crippen LogP contribution >= 0.6 is 11.8 Å². The number of aromatic carboxylic acids is 1. The second-order valence-electron chi connectivity index (χ2n) is 6.71. The highest BCUT2D eigenvalue weighted by Gasteiger charge is 2.12. The number of carboxylic acid groups (broad SMARTS) is 1. The Bertz CT molecular complexity index is 1200. The van der Waals surface area contributed by atoms with Crippen LogP contribution in [0.1, 0.15) is 21.9 Å². The maximum Gasteiger partial charge on any atom is 0.354 e. The van der Waals surface area contributed by atoms with E-state index in [0.717, 1.165) is 22.4 Å². The minimum atomic E-state index is -1.04. The monoisotopic (exact) mass is 420 g/mol. The van der Waals surface area contributed by atoms with Gasteiger partial charge in [-0.15, -0.1) is 11.8 Å². The normalized spacial score (nSPS) is 11.0. The molecule has 0 bridgehead atoms. The third-order valence-corrected chi connectivity index (χ3v) is 5.46. The first-order valence-electron chi connectivity index (χ1n) is 9.41. The highest BCUT2D eigenvalue weighted by atomic mass is 32.2. The van der Waals surface area contributed by atoms with Crippen molar-refractivity contribution in [2.45, 2.75) is 18.2 Å². The van der Waals surface area contributed by atoms with E-state index in [1.807, 2.05) is 31.4 Å². The molecule has 2 aromatic heterocycles. The highest BCUT2D eigenvalue weighted by Crippen LogP contribution is 2.25. The fourth-order valence-corrected chi connectivity index (χ4v) is 3.50. The standard InChI is InChI=1S/C23H20N2O4S/c1-14-19(25-22(29-14)15-3-7-18(30-2)8-4-15)11-12-28-17-6-10-20-16(13-17)5-9-21(24-20)23(26)27/h3-10,13H,11-12H2,1-2H3,(H,26,27). The molecule has 2 aromatic carbocycles. The van der Waals surface area contributed by atoms with Crippen molar-refractivity contribution in [3.8, 4) is 17.2 Å². The summed E-state index contributed by atoms with van der Waals surface area (Å²) in [5.74, 6) is 1.05. The average Bonchev–Trinajstić information content (AvgIpc) is 3.13. The van der Waals surface area contributed by atoms with Gasteiger partial charge in [-0.05, 0) is 61.7 Å². The van der Waals surface area contributed by atoms with Crippen molar-refractivity contribution in [2.24, 2.45) is 0 Å². The minimum absolute atomic E-state index is 0.0246. The van der Waals surface area contributed by atoms with Crippen LogP contribution in [0.15, 0.2) is 63.9 Å². The smallest absolute Gasteiger partial charge is 0.354 e. The molecule has 0 aliphatic rings. The van der Waals surface area contributed by atoms with Crippen molar-refractivity contribution in [3.63, 3.8) is 0 Å². The second-order valence-corrected chi connectivity index (χ2v) is 7.58. The van der Waals surface area contributed by atoms with E-state index in [0.29, 0.717) is 30.2 Å². The number of rotatable bonds is 7. The van der Waals surface area contributed by atoms with Gasteiger partial charge in [0.15, 0.2) is 0 Å². The lowest BCUT2D eigenvalue weighted by Crippen LogP contribution is -2.03. The molecule has 30 heavy (non-hydrogen) atoms. The number of aryl methyl sites for hydroxylation is 1. The number of aromatic nitrogens is 2. The van der Waals surface area contributed by atoms with E-state index < -0.39 is 5.97 Å². The lowest BCUT2D eigenvalue weighted by molar-refractivity contribution is 0.0691. The molecule has 0 spiro atoms. The SMILES string of the molecule is CSc1ccc(-c2nc(CCOc3ccc4nc(C(=O)O)ccc4c3)c(C)o2)cc1. The number of nitrogens with zero attached hydrogens (tertiary/aromatic N) is 2. The Hall–Kier alpha value is -3.32. The largest absolute Gasteiger partial charge is 0.493 e. The molecule has 0 fully saturated rings. The molecule has 0 aliphatic carbocycles. The van der Waals surface area contributed by atoms with Crippen molar-refractivity contribution in [2.75, 3.05) is 12.9 Å². The molecule has 7 heteroatoms. The number of hydrogen-bond donors (Lipinski definition) is 1. The fraction of sp³-hybridized carbons (Fsp3) is 0.174. The van der Waals surface area contributed by atoms with Gasteiger partial charge in [0, 0.05) is 22.3 Å². The van der Waals surface area contributed by atoms with Crippen LogP contribution in [0.5, 0.6) is 5.75 Å². The Balaban J connectivity index is 1.42. The number of oxazole rings is 1. The Labute approximate surface area is 177 Å². The summed E-state index contributed by atoms with van der Waals surface area (Å²) in [6, 6.07) is 16.7. The molecule has 0 unspecified atom stereocenters. The van der Waals surface area contributed by atoms with Gasteiger partial charge >= 0.3 is 5.97 Å². The number of ether oxygens (including phenoxy) is 1. The molecule has 6 nitrogen and oxygen atoms in total. The Morgan fingerprint density at radius 1 is 1.10 bits per heavy atom. The van der Waals surface area contributed by atoms with Crippen molar-refractivity contribution >= 4 is 28.6 Å². The molecule has 152 valence electrons. The van der Waals surface area contributed by atoms with Crippen LogP contribution in [0.25, 0.3) is 22.4 Å². The number of carbonyl (C=O) groups is 1. The number of pyridine rings is 1. The molecule has 0 saturated carbocycles. The number of hydrogen-bond acceptors (Lipinski definition) is 6. The Morgan fingerprint density at radius 3 is 2.63 bits per heavy atom. The Kier molecular flexibility index (Phi) is 5.72. The molecule has 2 heterocycles. The van der Waals surface area contributed by atoms with E-state index in [1.165, 1.54) is 11.0 Å². The molecule has 0 saturated heterocycles. The van der Waals surface area contributed by atoms with Crippen LogP contribution in [0.2, 0.25) is 0 Å². The van der Waals surface area contributed by atoms with Gasteiger partial charge in [0.1, 0.15) is 17.2 Å². The summed E-state index contributed by atoms with van der Waals surface area (Å²) in [5, 5.41) is 9.87. The maximum atomic E-state index is 11.0. The summed E-state index contributed by atoms with van der Waals surface area (Å²) in [7, 11) is 0. The Morgan fingerprint density at radius 2 is 1.90 bits per heavy atom. The van der Waals surface area contributed by atoms with Gasteiger partial charge in [-0.3, -0.25) is 0 Å². The number of carboxylic acids is 1. The summed E-state index contributed by atoms with van der Waals surface area (Å²) in [4.78, 5) is 21.0. The minimum Gasteiger partial charge on any atom is -0.493 e. The number of benzene rings is 2. The summed E-state index contributed by atoms with van der Waals surface area (Å²) < 4.78 is 11.7.